The van der Waals surface area contributed by atoms with Gasteiger partial charge in [0.05, 0.1) is 6.54 Å². The van der Waals surface area contributed by atoms with Gasteiger partial charge < -0.3 is 10.1 Å². The number of ether oxygens (including phenoxy) is 1. The van der Waals surface area contributed by atoms with Gasteiger partial charge >= 0.3 is 0 Å². The van der Waals surface area contributed by atoms with Gasteiger partial charge in [-0.25, -0.2) is 0 Å². The van der Waals surface area contributed by atoms with E-state index in [9.17, 15) is 4.79 Å². The highest BCUT2D eigenvalue weighted by molar-refractivity contribution is 5.95. The molecule has 3 aromatic carbocycles. The van der Waals surface area contributed by atoms with Gasteiger partial charge in [0.15, 0.2) is 0 Å². The molecule has 0 aliphatic rings. The number of rotatable bonds is 5. The number of aryl methyl sites for hydroxylation is 1. The third-order valence-corrected chi connectivity index (χ3v) is 3.77. The lowest BCUT2D eigenvalue weighted by Gasteiger charge is -2.09. The number of benzene rings is 3. The van der Waals surface area contributed by atoms with Crippen LogP contribution in [0.5, 0.6) is 5.75 Å². The lowest BCUT2D eigenvalue weighted by molar-refractivity contribution is 0.0946. The molecule has 1 amide bonds. The number of carbonyl (C=O) groups excluding carboxylic acids is 1. The Morgan fingerprint density at radius 1 is 0.957 bits per heavy atom. The lowest BCUT2D eigenvalue weighted by Crippen LogP contribution is -2.28. The largest absolute Gasteiger partial charge is 0.492 e. The van der Waals surface area contributed by atoms with Crippen LogP contribution in [0.4, 0.5) is 0 Å². The van der Waals surface area contributed by atoms with E-state index in [1.54, 1.807) is 0 Å². The Bertz CT molecular complexity index is 826. The van der Waals surface area contributed by atoms with E-state index in [2.05, 4.69) is 17.4 Å². The molecule has 0 heterocycles. The Kier molecular flexibility index (Phi) is 4.57. The van der Waals surface area contributed by atoms with Crippen LogP contribution in [0.1, 0.15) is 15.9 Å². The second-order valence-electron chi connectivity index (χ2n) is 5.43. The second-order valence-corrected chi connectivity index (χ2v) is 5.43. The molecule has 3 heteroatoms. The zero-order chi connectivity index (χ0) is 16.1. The molecule has 0 bridgehead atoms. The minimum atomic E-state index is -0.0646. The summed E-state index contributed by atoms with van der Waals surface area (Å²) in [4.78, 5) is 12.1. The van der Waals surface area contributed by atoms with Gasteiger partial charge in [-0.2, -0.15) is 0 Å². The predicted octanol–water partition coefficient (Wildman–Crippen LogP) is 3.96. The van der Waals surface area contributed by atoms with Crippen molar-refractivity contribution in [3.8, 4) is 5.75 Å². The van der Waals surface area contributed by atoms with Gasteiger partial charge in [-0.1, -0.05) is 48.5 Å². The molecule has 1 N–H and O–H groups in total. The molecular weight excluding hydrogens is 286 g/mol. The topological polar surface area (TPSA) is 38.3 Å². The van der Waals surface area contributed by atoms with Crippen molar-refractivity contribution < 1.29 is 9.53 Å². The van der Waals surface area contributed by atoms with E-state index in [1.165, 1.54) is 5.39 Å². The first-order valence-electron chi connectivity index (χ1n) is 7.69. The highest BCUT2D eigenvalue weighted by atomic mass is 16.5. The minimum Gasteiger partial charge on any atom is -0.492 e. The predicted molar refractivity (Wildman–Crippen MR) is 93.0 cm³/mol. The minimum absolute atomic E-state index is 0.0646. The number of nitrogens with one attached hydrogen (secondary N) is 1. The van der Waals surface area contributed by atoms with Crippen LogP contribution in [0, 0.1) is 6.92 Å². The Labute approximate surface area is 135 Å². The maximum atomic E-state index is 12.1. The Balaban J connectivity index is 1.53. The summed E-state index contributed by atoms with van der Waals surface area (Å²) in [5.41, 5.74) is 1.68. The zero-order valence-electron chi connectivity index (χ0n) is 13.1. The summed E-state index contributed by atoms with van der Waals surface area (Å²) in [6.45, 7) is 2.84. The van der Waals surface area contributed by atoms with Crippen molar-refractivity contribution in [2.75, 3.05) is 13.2 Å². The SMILES string of the molecule is Cc1ccccc1C(=O)NCCOc1ccc2ccccc2c1. The number of hydrogen-bond acceptors (Lipinski definition) is 2. The van der Waals surface area contributed by atoms with Gasteiger partial charge in [0.2, 0.25) is 0 Å². The van der Waals surface area contributed by atoms with Crippen LogP contribution in [0.3, 0.4) is 0 Å². The summed E-state index contributed by atoms with van der Waals surface area (Å²) in [7, 11) is 0. The van der Waals surface area contributed by atoms with Crippen LogP contribution in [0.15, 0.2) is 66.7 Å². The van der Waals surface area contributed by atoms with Crippen LogP contribution >= 0.6 is 0 Å². The van der Waals surface area contributed by atoms with Crippen molar-refractivity contribution in [1.82, 2.24) is 5.32 Å². The fourth-order valence-electron chi connectivity index (χ4n) is 2.51. The molecule has 3 rings (SSSR count). The molecule has 0 unspecified atom stereocenters. The van der Waals surface area contributed by atoms with Crippen LogP contribution in [-0.4, -0.2) is 19.1 Å². The molecule has 0 aliphatic carbocycles. The fourth-order valence-corrected chi connectivity index (χ4v) is 2.51. The molecule has 0 radical (unpaired) electrons. The molecular formula is C20H19NO2. The Hall–Kier alpha value is -2.81. The zero-order valence-corrected chi connectivity index (χ0v) is 13.1. The van der Waals surface area contributed by atoms with Crippen molar-refractivity contribution in [2.45, 2.75) is 6.92 Å². The molecule has 0 aromatic heterocycles. The normalized spacial score (nSPS) is 10.5. The number of hydrogen-bond donors (Lipinski definition) is 1. The van der Waals surface area contributed by atoms with Gasteiger partial charge in [0, 0.05) is 5.56 Å². The molecule has 0 atom stereocenters. The summed E-state index contributed by atoms with van der Waals surface area (Å²) < 4.78 is 5.72. The maximum Gasteiger partial charge on any atom is 0.251 e. The van der Waals surface area contributed by atoms with Crippen LogP contribution in [-0.2, 0) is 0 Å². The molecule has 0 fully saturated rings. The number of amides is 1. The monoisotopic (exact) mass is 305 g/mol. The quantitative estimate of drug-likeness (QED) is 0.725. The van der Waals surface area contributed by atoms with Gasteiger partial charge in [-0.3, -0.25) is 4.79 Å². The third-order valence-electron chi connectivity index (χ3n) is 3.77. The highest BCUT2D eigenvalue weighted by Crippen LogP contribution is 2.20. The molecule has 0 saturated heterocycles. The highest BCUT2D eigenvalue weighted by Gasteiger charge is 2.07. The van der Waals surface area contributed by atoms with Gasteiger partial charge in [0.1, 0.15) is 12.4 Å². The molecule has 0 spiro atoms. The first kappa shape index (κ1) is 15.1. The Morgan fingerprint density at radius 2 is 1.70 bits per heavy atom. The van der Waals surface area contributed by atoms with E-state index in [4.69, 9.17) is 4.74 Å². The van der Waals surface area contributed by atoms with E-state index in [-0.39, 0.29) is 5.91 Å². The van der Waals surface area contributed by atoms with Crippen LogP contribution in [0.25, 0.3) is 10.8 Å². The maximum absolute atomic E-state index is 12.1. The average Bonchev–Trinajstić information content (AvgIpc) is 2.59. The van der Waals surface area contributed by atoms with Crippen molar-refractivity contribution in [3.63, 3.8) is 0 Å². The van der Waals surface area contributed by atoms with Gasteiger partial charge in [0.25, 0.3) is 5.91 Å². The standard InChI is InChI=1S/C20H19NO2/c1-15-6-2-5-9-19(15)20(22)21-12-13-23-18-11-10-16-7-3-4-8-17(16)14-18/h2-11,14H,12-13H2,1H3,(H,21,22). The van der Waals surface area contributed by atoms with Crippen molar-refractivity contribution in [2.24, 2.45) is 0 Å². The first-order chi connectivity index (χ1) is 11.2. The lowest BCUT2D eigenvalue weighted by atomic mass is 10.1. The van der Waals surface area contributed by atoms with E-state index in [0.29, 0.717) is 18.7 Å². The van der Waals surface area contributed by atoms with E-state index < -0.39 is 0 Å². The third kappa shape index (κ3) is 3.69. The van der Waals surface area contributed by atoms with Crippen molar-refractivity contribution in [3.05, 3.63) is 77.9 Å². The Morgan fingerprint density at radius 3 is 2.52 bits per heavy atom. The summed E-state index contributed by atoms with van der Waals surface area (Å²) >= 11 is 0. The molecule has 116 valence electrons. The molecule has 23 heavy (non-hydrogen) atoms. The van der Waals surface area contributed by atoms with Gasteiger partial charge in [-0.05, 0) is 41.5 Å². The first-order valence-corrected chi connectivity index (χ1v) is 7.69. The van der Waals surface area contributed by atoms with Gasteiger partial charge in [-0.15, -0.1) is 0 Å². The van der Waals surface area contributed by atoms with Crippen LogP contribution in [0.2, 0.25) is 0 Å². The van der Waals surface area contributed by atoms with E-state index in [1.807, 2.05) is 61.5 Å². The van der Waals surface area contributed by atoms with E-state index >= 15 is 0 Å². The molecule has 3 nitrogen and oxygen atoms in total. The van der Waals surface area contributed by atoms with Crippen molar-refractivity contribution >= 4 is 16.7 Å². The van der Waals surface area contributed by atoms with E-state index in [0.717, 1.165) is 16.7 Å². The second kappa shape index (κ2) is 6.97. The summed E-state index contributed by atoms with van der Waals surface area (Å²) in [6, 6.07) is 21.7. The summed E-state index contributed by atoms with van der Waals surface area (Å²) in [5, 5.41) is 5.22. The van der Waals surface area contributed by atoms with Crippen LogP contribution < -0.4 is 10.1 Å². The number of carbonyl (C=O) groups is 1. The van der Waals surface area contributed by atoms with Crippen molar-refractivity contribution in [1.29, 1.82) is 0 Å². The average molecular weight is 305 g/mol. The molecule has 0 saturated carbocycles. The number of fused-ring (bicyclic) bond motifs is 1. The summed E-state index contributed by atoms with van der Waals surface area (Å²) in [5.74, 6) is 0.749. The fraction of sp³-hybridized carbons (Fsp3) is 0.150. The molecule has 3 aromatic rings. The summed E-state index contributed by atoms with van der Waals surface area (Å²) in [6.07, 6.45) is 0. The molecule has 0 aliphatic heterocycles. The smallest absolute Gasteiger partial charge is 0.251 e.